The van der Waals surface area contributed by atoms with Crippen LogP contribution in [0.5, 0.6) is 0 Å². The molecule has 0 aliphatic carbocycles. The van der Waals surface area contributed by atoms with Crippen LogP contribution in [0.3, 0.4) is 0 Å². The number of amides is 3. The Labute approximate surface area is 118 Å². The monoisotopic (exact) mass is 279 g/mol. The number of rotatable bonds is 3. The van der Waals surface area contributed by atoms with E-state index in [-0.39, 0.29) is 18.0 Å². The Kier molecular flexibility index (Phi) is 4.60. The summed E-state index contributed by atoms with van der Waals surface area (Å²) in [5.41, 5.74) is 0.969. The Morgan fingerprint density at radius 1 is 1.50 bits per heavy atom. The van der Waals surface area contributed by atoms with Crippen LogP contribution in [-0.4, -0.2) is 45.8 Å². The molecule has 2 heterocycles. The molecule has 20 heavy (non-hydrogen) atoms. The Bertz CT molecular complexity index is 485. The molecule has 1 fully saturated rings. The summed E-state index contributed by atoms with van der Waals surface area (Å²) in [4.78, 5) is 24.9. The van der Waals surface area contributed by atoms with Crippen molar-refractivity contribution in [2.24, 2.45) is 7.05 Å². The zero-order chi connectivity index (χ0) is 14.5. The minimum atomic E-state index is -0.0936. The summed E-state index contributed by atoms with van der Waals surface area (Å²) in [7, 11) is 1.84. The van der Waals surface area contributed by atoms with E-state index in [4.69, 9.17) is 0 Å². The number of carbonyl (C=O) groups is 2. The standard InChI is InChI=1S/C13H21N5O2/c1-10(19)16-12-4-3-5-18(9-12)13(20)14-6-11-7-15-17(2)8-11/h7-8,12H,3-6,9H2,1-2H3,(H,14,20)(H,16,19)/t12-/m1/s1. The van der Waals surface area contributed by atoms with E-state index < -0.39 is 0 Å². The van der Waals surface area contributed by atoms with Crippen molar-refractivity contribution < 1.29 is 9.59 Å². The van der Waals surface area contributed by atoms with Gasteiger partial charge < -0.3 is 15.5 Å². The molecule has 110 valence electrons. The van der Waals surface area contributed by atoms with E-state index >= 15 is 0 Å². The summed E-state index contributed by atoms with van der Waals surface area (Å²) in [6.07, 6.45) is 5.43. The molecule has 0 saturated carbocycles. The molecule has 1 atom stereocenters. The lowest BCUT2D eigenvalue weighted by Gasteiger charge is -2.32. The van der Waals surface area contributed by atoms with Gasteiger partial charge >= 0.3 is 6.03 Å². The van der Waals surface area contributed by atoms with Gasteiger partial charge in [-0.2, -0.15) is 5.10 Å². The molecule has 2 N–H and O–H groups in total. The zero-order valence-electron chi connectivity index (χ0n) is 11.9. The quantitative estimate of drug-likeness (QED) is 0.831. The molecule has 0 aromatic carbocycles. The molecule has 1 aromatic rings. The first-order valence-electron chi connectivity index (χ1n) is 6.82. The molecule has 1 aliphatic rings. The molecular weight excluding hydrogens is 258 g/mol. The summed E-state index contributed by atoms with van der Waals surface area (Å²) in [6.45, 7) is 3.27. The first kappa shape index (κ1) is 14.4. The number of urea groups is 1. The van der Waals surface area contributed by atoms with Crippen molar-refractivity contribution in [3.63, 3.8) is 0 Å². The van der Waals surface area contributed by atoms with Crippen molar-refractivity contribution in [3.05, 3.63) is 18.0 Å². The average molecular weight is 279 g/mol. The average Bonchev–Trinajstić information content (AvgIpc) is 2.81. The predicted octanol–water partition coefficient (Wildman–Crippen LogP) is 0.230. The maximum absolute atomic E-state index is 12.1. The molecule has 0 spiro atoms. The zero-order valence-corrected chi connectivity index (χ0v) is 11.9. The lowest BCUT2D eigenvalue weighted by Crippen LogP contribution is -2.51. The van der Waals surface area contributed by atoms with Crippen LogP contribution in [0.2, 0.25) is 0 Å². The highest BCUT2D eigenvalue weighted by Crippen LogP contribution is 2.10. The predicted molar refractivity (Wildman–Crippen MR) is 73.9 cm³/mol. The molecule has 1 saturated heterocycles. The van der Waals surface area contributed by atoms with Crippen LogP contribution in [0.4, 0.5) is 4.79 Å². The second-order valence-electron chi connectivity index (χ2n) is 5.17. The van der Waals surface area contributed by atoms with Crippen LogP contribution in [-0.2, 0) is 18.4 Å². The lowest BCUT2D eigenvalue weighted by molar-refractivity contribution is -0.119. The Morgan fingerprint density at radius 2 is 2.30 bits per heavy atom. The Balaban J connectivity index is 1.81. The summed E-state index contributed by atoms with van der Waals surface area (Å²) < 4.78 is 1.70. The number of aryl methyl sites for hydroxylation is 1. The van der Waals surface area contributed by atoms with Gasteiger partial charge in [-0.1, -0.05) is 0 Å². The molecule has 0 bridgehead atoms. The van der Waals surface area contributed by atoms with E-state index in [1.54, 1.807) is 15.8 Å². The molecule has 7 heteroatoms. The first-order chi connectivity index (χ1) is 9.54. The number of piperidine rings is 1. The van der Waals surface area contributed by atoms with Crippen LogP contribution in [0, 0.1) is 0 Å². The summed E-state index contributed by atoms with van der Waals surface area (Å²) in [6, 6.07) is -0.0331. The highest BCUT2D eigenvalue weighted by atomic mass is 16.2. The van der Waals surface area contributed by atoms with E-state index in [1.807, 2.05) is 13.2 Å². The third-order valence-electron chi connectivity index (χ3n) is 3.32. The second kappa shape index (κ2) is 6.40. The minimum Gasteiger partial charge on any atom is -0.352 e. The number of carbonyl (C=O) groups excluding carboxylic acids is 2. The molecule has 7 nitrogen and oxygen atoms in total. The van der Waals surface area contributed by atoms with E-state index in [1.165, 1.54) is 6.92 Å². The van der Waals surface area contributed by atoms with Crippen molar-refractivity contribution in [1.82, 2.24) is 25.3 Å². The number of nitrogens with zero attached hydrogens (tertiary/aromatic N) is 3. The smallest absolute Gasteiger partial charge is 0.317 e. The topological polar surface area (TPSA) is 79.3 Å². The highest BCUT2D eigenvalue weighted by Gasteiger charge is 2.23. The Hall–Kier alpha value is -2.05. The van der Waals surface area contributed by atoms with E-state index in [2.05, 4.69) is 15.7 Å². The van der Waals surface area contributed by atoms with Crippen LogP contribution in [0.15, 0.2) is 12.4 Å². The normalized spacial score (nSPS) is 18.7. The third kappa shape index (κ3) is 3.97. The molecule has 1 aliphatic heterocycles. The molecular formula is C13H21N5O2. The Morgan fingerprint density at radius 3 is 2.95 bits per heavy atom. The summed E-state index contributed by atoms with van der Waals surface area (Å²) in [5.74, 6) is -0.0485. The number of hydrogen-bond donors (Lipinski definition) is 2. The molecule has 0 unspecified atom stereocenters. The number of nitrogens with one attached hydrogen (secondary N) is 2. The van der Waals surface area contributed by atoms with Crippen LogP contribution >= 0.6 is 0 Å². The fourth-order valence-corrected chi connectivity index (χ4v) is 2.42. The first-order valence-corrected chi connectivity index (χ1v) is 6.82. The fraction of sp³-hybridized carbons (Fsp3) is 0.615. The second-order valence-corrected chi connectivity index (χ2v) is 5.17. The lowest BCUT2D eigenvalue weighted by atomic mass is 10.1. The van der Waals surface area contributed by atoms with Gasteiger partial charge in [0.25, 0.3) is 0 Å². The van der Waals surface area contributed by atoms with Crippen molar-refractivity contribution in [2.75, 3.05) is 13.1 Å². The van der Waals surface area contributed by atoms with E-state index in [9.17, 15) is 9.59 Å². The molecule has 0 radical (unpaired) electrons. The van der Waals surface area contributed by atoms with Gasteiger partial charge in [0.1, 0.15) is 0 Å². The molecule has 1 aromatic heterocycles. The number of aromatic nitrogens is 2. The summed E-state index contributed by atoms with van der Waals surface area (Å²) in [5, 5.41) is 9.80. The van der Waals surface area contributed by atoms with Gasteiger partial charge in [0.2, 0.25) is 5.91 Å². The van der Waals surface area contributed by atoms with Gasteiger partial charge in [-0.15, -0.1) is 0 Å². The van der Waals surface area contributed by atoms with Crippen molar-refractivity contribution in [2.45, 2.75) is 32.4 Å². The maximum atomic E-state index is 12.1. The molecule has 3 amide bonds. The van der Waals surface area contributed by atoms with Crippen molar-refractivity contribution >= 4 is 11.9 Å². The van der Waals surface area contributed by atoms with Gasteiger partial charge in [-0.3, -0.25) is 9.48 Å². The fourth-order valence-electron chi connectivity index (χ4n) is 2.42. The maximum Gasteiger partial charge on any atom is 0.317 e. The van der Waals surface area contributed by atoms with Crippen LogP contribution in [0.1, 0.15) is 25.3 Å². The van der Waals surface area contributed by atoms with E-state index in [0.717, 1.165) is 24.9 Å². The SMILES string of the molecule is CC(=O)N[C@@H]1CCCN(C(=O)NCc2cnn(C)c2)C1. The van der Waals surface area contributed by atoms with E-state index in [0.29, 0.717) is 13.1 Å². The van der Waals surface area contributed by atoms with Crippen molar-refractivity contribution in [1.29, 1.82) is 0 Å². The van der Waals surface area contributed by atoms with Gasteiger partial charge in [0, 0.05) is 51.4 Å². The van der Waals surface area contributed by atoms with Gasteiger partial charge in [-0.25, -0.2) is 4.79 Å². The number of likely N-dealkylation sites (tertiary alicyclic amines) is 1. The number of hydrogen-bond acceptors (Lipinski definition) is 3. The van der Waals surface area contributed by atoms with Gasteiger partial charge in [-0.05, 0) is 12.8 Å². The summed E-state index contributed by atoms with van der Waals surface area (Å²) >= 11 is 0. The van der Waals surface area contributed by atoms with Crippen LogP contribution < -0.4 is 10.6 Å². The minimum absolute atomic E-state index is 0.0485. The van der Waals surface area contributed by atoms with Gasteiger partial charge in [0.15, 0.2) is 0 Å². The van der Waals surface area contributed by atoms with Gasteiger partial charge in [0.05, 0.1) is 6.20 Å². The largest absolute Gasteiger partial charge is 0.352 e. The molecule has 2 rings (SSSR count). The van der Waals surface area contributed by atoms with Crippen LogP contribution in [0.25, 0.3) is 0 Å². The highest BCUT2D eigenvalue weighted by molar-refractivity contribution is 5.75. The van der Waals surface area contributed by atoms with Crippen molar-refractivity contribution in [3.8, 4) is 0 Å². The third-order valence-corrected chi connectivity index (χ3v) is 3.32.